The van der Waals surface area contributed by atoms with E-state index in [-0.39, 0.29) is 23.4 Å². The predicted octanol–water partition coefficient (Wildman–Crippen LogP) is 2.73. The smallest absolute Gasteiger partial charge is 0.274 e. The van der Waals surface area contributed by atoms with Gasteiger partial charge in [-0.3, -0.25) is 14.4 Å². The fourth-order valence-electron chi connectivity index (χ4n) is 4.41. The molecule has 0 spiro atoms. The minimum atomic E-state index is -1.13. The summed E-state index contributed by atoms with van der Waals surface area (Å²) >= 11 is 5.93. The Morgan fingerprint density at radius 1 is 1.19 bits per heavy atom. The molecule has 0 aliphatic carbocycles. The molecule has 3 aromatic rings. The van der Waals surface area contributed by atoms with E-state index >= 15 is 4.39 Å². The van der Waals surface area contributed by atoms with Gasteiger partial charge in [-0.05, 0) is 47.8 Å². The summed E-state index contributed by atoms with van der Waals surface area (Å²) in [6.45, 7) is 0.597. The van der Waals surface area contributed by atoms with Crippen LogP contribution < -0.4 is 25.8 Å². The second kappa shape index (κ2) is 11.4. The number of aromatic nitrogens is 1. The number of nitrogens with one attached hydrogen (secondary N) is 1. The topological polar surface area (TPSA) is 89.9 Å². The molecule has 1 saturated heterocycles. The molecule has 2 aromatic carbocycles. The highest BCUT2D eigenvalue weighted by atomic mass is 35.5. The molecule has 4 rings (SSSR count). The molecular weight excluding hydrogens is 520 g/mol. The third kappa shape index (κ3) is 5.54. The van der Waals surface area contributed by atoms with Crippen LogP contribution in [0.2, 0.25) is 5.02 Å². The molecule has 11 heteroatoms. The molecule has 1 unspecified atom stereocenters. The van der Waals surface area contributed by atoms with Gasteiger partial charge in [-0.1, -0.05) is 11.6 Å². The molecule has 2 heterocycles. The fraction of sp³-hybridized carbons (Fsp3) is 0.269. The van der Waals surface area contributed by atoms with Gasteiger partial charge in [0, 0.05) is 54.5 Å². The number of anilines is 1. The third-order valence-electron chi connectivity index (χ3n) is 6.28. The van der Waals surface area contributed by atoms with Crippen molar-refractivity contribution >= 4 is 43.6 Å². The Bertz CT molecular complexity index is 1360. The van der Waals surface area contributed by atoms with Crippen LogP contribution in [0.25, 0.3) is 0 Å². The van der Waals surface area contributed by atoms with E-state index in [0.717, 1.165) is 0 Å². The Morgan fingerprint density at radius 2 is 1.92 bits per heavy atom. The molecule has 3 atom stereocenters. The summed E-state index contributed by atoms with van der Waals surface area (Å²) in [4.78, 5) is 41.2. The highest BCUT2D eigenvalue weighted by Gasteiger charge is 2.45. The second-order valence-corrected chi connectivity index (χ2v) is 9.57. The number of halogens is 2. The van der Waals surface area contributed by atoms with Gasteiger partial charge >= 0.3 is 0 Å². The number of rotatable bonds is 8. The molecule has 1 N–H and O–H groups in total. The van der Waals surface area contributed by atoms with Crippen LogP contribution in [0.3, 0.4) is 0 Å². The van der Waals surface area contributed by atoms with Crippen LogP contribution >= 0.6 is 20.8 Å². The molecule has 8 nitrogen and oxygen atoms in total. The number of pyridine rings is 1. The van der Waals surface area contributed by atoms with E-state index in [1.165, 1.54) is 48.0 Å². The first-order chi connectivity index (χ1) is 17.7. The molecule has 1 aliphatic rings. The van der Waals surface area contributed by atoms with Crippen molar-refractivity contribution < 1.29 is 23.5 Å². The minimum absolute atomic E-state index is 0.0153. The third-order valence-corrected chi connectivity index (χ3v) is 7.01. The normalized spacial score (nSPS) is 17.2. The van der Waals surface area contributed by atoms with E-state index in [1.807, 2.05) is 0 Å². The average Bonchev–Trinajstić information content (AvgIpc) is 3.18. The maximum absolute atomic E-state index is 15.3. The second-order valence-electron chi connectivity index (χ2n) is 8.51. The van der Waals surface area contributed by atoms with Gasteiger partial charge in [0.2, 0.25) is 5.91 Å². The van der Waals surface area contributed by atoms with Crippen molar-refractivity contribution in [2.75, 3.05) is 32.3 Å². The van der Waals surface area contributed by atoms with Gasteiger partial charge < -0.3 is 24.3 Å². The van der Waals surface area contributed by atoms with Crippen LogP contribution in [0.1, 0.15) is 21.8 Å². The Kier molecular flexibility index (Phi) is 8.27. The summed E-state index contributed by atoms with van der Waals surface area (Å²) < 4.78 is 27.0. The predicted molar refractivity (Wildman–Crippen MR) is 143 cm³/mol. The highest BCUT2D eigenvalue weighted by molar-refractivity contribution is 7.27. The molecule has 37 heavy (non-hydrogen) atoms. The molecule has 194 valence electrons. The molecule has 1 fully saturated rings. The number of hydrogen-bond acceptors (Lipinski definition) is 5. The number of nitrogens with zero attached hydrogens (tertiary/aromatic N) is 2. The Balaban J connectivity index is 1.75. The molecule has 2 amide bonds. The van der Waals surface area contributed by atoms with Crippen LogP contribution in [-0.4, -0.2) is 49.8 Å². The molecule has 0 radical (unpaired) electrons. The van der Waals surface area contributed by atoms with Gasteiger partial charge in [0.1, 0.15) is 23.3 Å². The maximum atomic E-state index is 15.3. The number of benzene rings is 2. The van der Waals surface area contributed by atoms with Gasteiger partial charge in [-0.15, -0.1) is 9.24 Å². The van der Waals surface area contributed by atoms with Gasteiger partial charge in [0.05, 0.1) is 13.7 Å². The summed E-state index contributed by atoms with van der Waals surface area (Å²) in [6.07, 6.45) is 1.60. The summed E-state index contributed by atoms with van der Waals surface area (Å²) in [5.74, 6) is -2.09. The lowest BCUT2D eigenvalue weighted by Gasteiger charge is -2.21. The van der Waals surface area contributed by atoms with E-state index in [4.69, 9.17) is 21.1 Å². The summed E-state index contributed by atoms with van der Waals surface area (Å²) in [6, 6.07) is 11.1. The average molecular weight is 546 g/mol. The molecule has 1 aliphatic heterocycles. The van der Waals surface area contributed by atoms with Crippen molar-refractivity contribution in [3.05, 3.63) is 87.0 Å². The number of ether oxygens (including phenoxy) is 2. The van der Waals surface area contributed by atoms with Crippen molar-refractivity contribution in [1.82, 2.24) is 9.88 Å². The lowest BCUT2D eigenvalue weighted by molar-refractivity contribution is -0.118. The summed E-state index contributed by atoms with van der Waals surface area (Å²) in [7, 11) is 5.42. The van der Waals surface area contributed by atoms with Gasteiger partial charge in [-0.25, -0.2) is 4.39 Å². The standard InChI is InChI=1S/C26H26ClFN3O5P/c1-35-11-10-30-9-3-4-20(25(30)33)31-14-18(22-19(28)12-17(36-2)13-21(22)37)23(26(31)34)29-24(32)15-5-7-16(27)8-6-15/h3-9,12-13,18,23H,10-11,14,37H2,1-2H3,(H,29,32)/t18-,23-/m0/s1. The lowest BCUT2D eigenvalue weighted by Crippen LogP contribution is -2.45. The Morgan fingerprint density at radius 3 is 2.57 bits per heavy atom. The Labute approximate surface area is 220 Å². The van der Waals surface area contributed by atoms with E-state index in [0.29, 0.717) is 29.2 Å². The first-order valence-electron chi connectivity index (χ1n) is 11.4. The zero-order valence-corrected chi connectivity index (χ0v) is 22.2. The van der Waals surface area contributed by atoms with Crippen LogP contribution in [0.5, 0.6) is 5.75 Å². The van der Waals surface area contributed by atoms with E-state index in [9.17, 15) is 14.4 Å². The number of carbonyl (C=O) groups is 2. The zero-order chi connectivity index (χ0) is 26.7. The van der Waals surface area contributed by atoms with Crippen molar-refractivity contribution in [3.8, 4) is 5.75 Å². The van der Waals surface area contributed by atoms with Crippen molar-refractivity contribution in [2.24, 2.45) is 0 Å². The monoisotopic (exact) mass is 545 g/mol. The van der Waals surface area contributed by atoms with Gasteiger partial charge in [-0.2, -0.15) is 0 Å². The van der Waals surface area contributed by atoms with E-state index < -0.39 is 35.2 Å². The van der Waals surface area contributed by atoms with Gasteiger partial charge in [0.25, 0.3) is 11.5 Å². The van der Waals surface area contributed by atoms with Crippen LogP contribution in [0, 0.1) is 5.82 Å². The number of methoxy groups -OCH3 is 2. The maximum Gasteiger partial charge on any atom is 0.274 e. The number of carbonyl (C=O) groups excluding carboxylic acids is 2. The van der Waals surface area contributed by atoms with E-state index in [2.05, 4.69) is 14.6 Å². The highest BCUT2D eigenvalue weighted by Crippen LogP contribution is 2.34. The first kappa shape index (κ1) is 26.8. The van der Waals surface area contributed by atoms with Crippen molar-refractivity contribution in [1.29, 1.82) is 0 Å². The molecule has 1 aromatic heterocycles. The number of hydrogen-bond donors (Lipinski definition) is 1. The summed E-state index contributed by atoms with van der Waals surface area (Å²) in [5, 5.41) is 3.69. The van der Waals surface area contributed by atoms with Gasteiger partial charge in [0.15, 0.2) is 0 Å². The largest absolute Gasteiger partial charge is 0.497 e. The first-order valence-corrected chi connectivity index (χ1v) is 12.4. The SMILES string of the molecule is COCCn1cccc(N2C[C@@H](c3c(F)cc(OC)cc3P)[C@H](NC(=O)c3ccc(Cl)cc3)C2=O)c1=O. The quantitative estimate of drug-likeness (QED) is 0.440. The lowest BCUT2D eigenvalue weighted by atomic mass is 9.93. The van der Waals surface area contributed by atoms with Crippen molar-refractivity contribution in [2.45, 2.75) is 18.5 Å². The zero-order valence-electron chi connectivity index (χ0n) is 20.2. The minimum Gasteiger partial charge on any atom is -0.497 e. The molecular formula is C26H26ClFN3O5P. The number of amides is 2. The van der Waals surface area contributed by atoms with Crippen molar-refractivity contribution in [3.63, 3.8) is 0 Å². The van der Waals surface area contributed by atoms with Crippen LogP contribution in [-0.2, 0) is 16.1 Å². The summed E-state index contributed by atoms with van der Waals surface area (Å²) in [5.41, 5.74) is 0.268. The Hall–Kier alpha value is -3.26. The van der Waals surface area contributed by atoms with Crippen LogP contribution in [0.4, 0.5) is 10.1 Å². The molecule has 0 saturated carbocycles. The van der Waals surface area contributed by atoms with E-state index in [1.54, 1.807) is 30.5 Å². The molecule has 0 bridgehead atoms. The van der Waals surface area contributed by atoms with Crippen LogP contribution in [0.15, 0.2) is 59.5 Å². The fourth-order valence-corrected chi connectivity index (χ4v) is 5.06.